The molecule has 11 heavy (non-hydrogen) atoms. The fourth-order valence-electron chi connectivity index (χ4n) is 0.627. The van der Waals surface area contributed by atoms with Crippen molar-refractivity contribution in [2.24, 2.45) is 0 Å². The smallest absolute Gasteiger partial charge is 0.396 e. The van der Waals surface area contributed by atoms with Gasteiger partial charge in [0.2, 0.25) is 0 Å². The molecule has 0 unspecified atom stereocenters. The topological polar surface area (TPSA) is 83.4 Å². The van der Waals surface area contributed by atoms with Crippen molar-refractivity contribution < 1.29 is 0 Å². The second kappa shape index (κ2) is 3.01. The van der Waals surface area contributed by atoms with E-state index in [9.17, 15) is 0 Å². The molecule has 0 aromatic rings. The fraction of sp³-hybridized carbons (Fsp3) is 0. The van der Waals surface area contributed by atoms with E-state index in [-0.39, 0.29) is 5.70 Å². The van der Waals surface area contributed by atoms with E-state index in [2.05, 4.69) is 5.23 Å². The van der Waals surface area contributed by atoms with Gasteiger partial charge in [0.15, 0.2) is 0 Å². The third-order valence-corrected chi connectivity index (χ3v) is 2.06. The Kier molecular flexibility index (Phi) is 2.06. The Hall–Kier alpha value is -1.58. The lowest BCUT2D eigenvalue weighted by atomic mass is 9.96. The van der Waals surface area contributed by atoms with Crippen LogP contribution in [0.15, 0.2) is 10.6 Å². The molecule has 1 heterocycles. The van der Waals surface area contributed by atoms with Crippen molar-refractivity contribution in [3.63, 3.8) is 0 Å². The first-order valence-corrected chi connectivity index (χ1v) is 3.57. The summed E-state index contributed by atoms with van der Waals surface area (Å²) in [6, 6.07) is 3.64. The number of hydrogen-bond donors (Lipinski definition) is 1. The molecule has 1 aliphatic rings. The van der Waals surface area contributed by atoms with Crippen molar-refractivity contribution in [3.8, 4) is 18.1 Å². The molecular weight excluding hydrogens is 159 g/mol. The van der Waals surface area contributed by atoms with Gasteiger partial charge in [0.05, 0.1) is 0 Å². The summed E-state index contributed by atoms with van der Waals surface area (Å²) in [4.78, 5) is 0.291. The standard InChI is InChI=1S/C5HBN4S/c7-1-4-5(2-8)11-6(3-9)10-4/h10H. The summed E-state index contributed by atoms with van der Waals surface area (Å²) in [5.41, 5.74) is 0.198. The summed E-state index contributed by atoms with van der Waals surface area (Å²) in [6.07, 6.45) is -0.487. The average Bonchev–Trinajstić information content (AvgIpc) is 2.46. The van der Waals surface area contributed by atoms with Crippen LogP contribution in [0.4, 0.5) is 0 Å². The second-order valence-electron chi connectivity index (χ2n) is 1.70. The van der Waals surface area contributed by atoms with Crippen LogP contribution in [0.2, 0.25) is 0 Å². The van der Waals surface area contributed by atoms with Gasteiger partial charge in [-0.15, -0.1) is 11.6 Å². The normalized spacial score (nSPS) is 14.8. The first-order chi connectivity index (χ1) is 5.31. The summed E-state index contributed by atoms with van der Waals surface area (Å²) in [7, 11) is 0. The van der Waals surface area contributed by atoms with Crippen LogP contribution in [0.3, 0.4) is 0 Å². The quantitative estimate of drug-likeness (QED) is 0.509. The fourth-order valence-corrected chi connectivity index (χ4v) is 1.37. The first kappa shape index (κ1) is 7.53. The lowest BCUT2D eigenvalue weighted by Gasteiger charge is -1.90. The van der Waals surface area contributed by atoms with E-state index in [0.717, 1.165) is 11.6 Å². The lowest BCUT2D eigenvalue weighted by Crippen LogP contribution is -2.22. The Morgan fingerprint density at radius 1 is 1.27 bits per heavy atom. The number of rotatable bonds is 0. The Bertz CT molecular complexity index is 302. The predicted octanol–water partition coefficient (Wildman–Crippen LogP) is 0.133. The molecule has 6 heteroatoms. The van der Waals surface area contributed by atoms with Crippen LogP contribution in [-0.4, -0.2) is 6.13 Å². The van der Waals surface area contributed by atoms with Crippen LogP contribution < -0.4 is 5.23 Å². The summed E-state index contributed by atoms with van der Waals surface area (Å²) < 4.78 is 0. The van der Waals surface area contributed by atoms with Crippen molar-refractivity contribution in [3.05, 3.63) is 10.6 Å². The molecule has 50 valence electrons. The van der Waals surface area contributed by atoms with Crippen LogP contribution >= 0.6 is 11.6 Å². The van der Waals surface area contributed by atoms with E-state index in [1.54, 1.807) is 6.07 Å². The highest BCUT2D eigenvalue weighted by atomic mass is 32.2. The Morgan fingerprint density at radius 2 is 2.00 bits per heavy atom. The van der Waals surface area contributed by atoms with Crippen molar-refractivity contribution in [2.45, 2.75) is 0 Å². The summed E-state index contributed by atoms with van der Waals surface area (Å²) >= 11 is 1.07. The molecule has 0 fully saturated rings. The minimum Gasteiger partial charge on any atom is -0.396 e. The minimum atomic E-state index is -0.487. The summed E-state index contributed by atoms with van der Waals surface area (Å²) in [5.74, 6) is 1.90. The van der Waals surface area contributed by atoms with Gasteiger partial charge < -0.3 is 5.23 Å². The third kappa shape index (κ3) is 1.29. The zero-order valence-electron chi connectivity index (χ0n) is 5.33. The van der Waals surface area contributed by atoms with E-state index in [0.29, 0.717) is 4.91 Å². The van der Waals surface area contributed by atoms with Gasteiger partial charge >= 0.3 is 6.13 Å². The van der Waals surface area contributed by atoms with Crippen LogP contribution in [0, 0.1) is 33.9 Å². The van der Waals surface area contributed by atoms with Crippen LogP contribution in [0.5, 0.6) is 0 Å². The number of nitrogens with one attached hydrogen (secondary N) is 1. The molecule has 0 bridgehead atoms. The number of nitrogens with zero attached hydrogens (tertiary/aromatic N) is 3. The molecule has 1 rings (SSSR count). The van der Waals surface area contributed by atoms with Gasteiger partial charge in [0.1, 0.15) is 22.7 Å². The largest absolute Gasteiger partial charge is 0.447 e. The van der Waals surface area contributed by atoms with Gasteiger partial charge in [-0.25, -0.2) is 5.26 Å². The van der Waals surface area contributed by atoms with Crippen molar-refractivity contribution in [2.75, 3.05) is 0 Å². The minimum absolute atomic E-state index is 0.198. The molecule has 4 nitrogen and oxygen atoms in total. The second-order valence-corrected chi connectivity index (χ2v) is 2.81. The van der Waals surface area contributed by atoms with E-state index in [1.807, 2.05) is 12.0 Å². The summed E-state index contributed by atoms with van der Waals surface area (Å²) in [5, 5.41) is 27.9. The predicted molar refractivity (Wildman–Crippen MR) is 40.3 cm³/mol. The maximum absolute atomic E-state index is 8.45. The van der Waals surface area contributed by atoms with Gasteiger partial charge in [-0.2, -0.15) is 10.5 Å². The van der Waals surface area contributed by atoms with E-state index >= 15 is 0 Å². The van der Waals surface area contributed by atoms with Crippen LogP contribution in [0.25, 0.3) is 0 Å². The third-order valence-electron chi connectivity index (χ3n) is 1.07. The van der Waals surface area contributed by atoms with Gasteiger partial charge in [0, 0.05) is 5.97 Å². The molecule has 1 aliphatic heterocycles. The average molecular weight is 160 g/mol. The molecule has 0 aromatic carbocycles. The lowest BCUT2D eigenvalue weighted by molar-refractivity contribution is 1.24. The Morgan fingerprint density at radius 3 is 2.36 bits per heavy atom. The van der Waals surface area contributed by atoms with E-state index < -0.39 is 6.13 Å². The highest BCUT2D eigenvalue weighted by molar-refractivity contribution is 8.29. The molecule has 0 aliphatic carbocycles. The zero-order valence-corrected chi connectivity index (χ0v) is 6.14. The monoisotopic (exact) mass is 160 g/mol. The van der Waals surface area contributed by atoms with Gasteiger partial charge in [-0.05, 0) is 0 Å². The number of nitriles is 3. The maximum Gasteiger partial charge on any atom is 0.447 e. The van der Waals surface area contributed by atoms with Crippen molar-refractivity contribution >= 4 is 17.7 Å². The highest BCUT2D eigenvalue weighted by Crippen LogP contribution is 2.25. The molecule has 0 saturated carbocycles. The molecule has 0 spiro atoms. The molecule has 1 N–H and O–H groups in total. The van der Waals surface area contributed by atoms with Crippen molar-refractivity contribution in [1.82, 2.24) is 5.23 Å². The molecular formula is C5HBN4S. The SMILES string of the molecule is N#CB1NC(C#N)=C(C#N)S1. The summed E-state index contributed by atoms with van der Waals surface area (Å²) in [6.45, 7) is 0. The molecule has 0 aromatic heterocycles. The van der Waals surface area contributed by atoms with Gasteiger partial charge in [-0.3, -0.25) is 0 Å². The zero-order chi connectivity index (χ0) is 8.27. The number of allylic oxidation sites excluding steroid dienone is 2. The maximum atomic E-state index is 8.45. The molecule has 0 radical (unpaired) electrons. The number of hydrogen-bond acceptors (Lipinski definition) is 5. The van der Waals surface area contributed by atoms with Crippen LogP contribution in [-0.2, 0) is 0 Å². The molecule has 0 saturated heterocycles. The Balaban J connectivity index is 2.86. The van der Waals surface area contributed by atoms with Crippen LogP contribution in [0.1, 0.15) is 0 Å². The highest BCUT2D eigenvalue weighted by Gasteiger charge is 2.28. The molecule has 0 atom stereocenters. The van der Waals surface area contributed by atoms with Gasteiger partial charge in [-0.1, -0.05) is 0 Å². The molecule has 0 amide bonds. The Labute approximate surface area is 68.1 Å². The van der Waals surface area contributed by atoms with E-state index in [1.165, 1.54) is 0 Å². The van der Waals surface area contributed by atoms with E-state index in [4.69, 9.17) is 15.8 Å². The van der Waals surface area contributed by atoms with Crippen molar-refractivity contribution in [1.29, 1.82) is 15.8 Å². The van der Waals surface area contributed by atoms with Gasteiger partial charge in [0.25, 0.3) is 0 Å². The first-order valence-electron chi connectivity index (χ1n) is 2.69.